The summed E-state index contributed by atoms with van der Waals surface area (Å²) < 4.78 is 35.6. The minimum absolute atomic E-state index is 0.0547. The van der Waals surface area contributed by atoms with Crippen LogP contribution in [-0.2, 0) is 6.42 Å². The molecule has 1 rings (SSSR count). The van der Waals surface area contributed by atoms with Crippen molar-refractivity contribution >= 4 is 11.3 Å². The Labute approximate surface area is 84.0 Å². The van der Waals surface area contributed by atoms with Crippen molar-refractivity contribution in [2.75, 3.05) is 0 Å². The summed E-state index contributed by atoms with van der Waals surface area (Å²) in [4.78, 5) is 4.70. The van der Waals surface area contributed by atoms with Crippen molar-refractivity contribution in [3.8, 4) is 0 Å². The van der Waals surface area contributed by atoms with E-state index in [0.717, 1.165) is 4.88 Å². The maximum atomic E-state index is 11.9. The van der Waals surface area contributed by atoms with Gasteiger partial charge in [-0.05, 0) is 6.92 Å². The van der Waals surface area contributed by atoms with Gasteiger partial charge in [0.1, 0.15) is 0 Å². The lowest BCUT2D eigenvalue weighted by atomic mass is 10.3. The van der Waals surface area contributed by atoms with Crippen LogP contribution in [0.4, 0.5) is 13.2 Å². The molecule has 14 heavy (non-hydrogen) atoms. The van der Waals surface area contributed by atoms with Gasteiger partial charge in [-0.3, -0.25) is 0 Å². The molecule has 0 spiro atoms. The number of aryl methyl sites for hydroxylation is 1. The second-order valence-corrected chi connectivity index (χ2v) is 4.21. The van der Waals surface area contributed by atoms with Crippen LogP contribution in [0.25, 0.3) is 0 Å². The lowest BCUT2D eigenvalue weighted by Crippen LogP contribution is -2.08. The first-order chi connectivity index (χ1) is 6.38. The molecular weight excluding hydrogens is 213 g/mol. The summed E-state index contributed by atoms with van der Waals surface area (Å²) in [6.07, 6.45) is -3.44. The molecule has 80 valence electrons. The van der Waals surface area contributed by atoms with Crippen LogP contribution in [0.2, 0.25) is 0 Å². The highest BCUT2D eigenvalue weighted by molar-refractivity contribution is 7.11. The smallest absolute Gasteiger partial charge is 0.323 e. The fraction of sp³-hybridized carbons (Fsp3) is 0.625. The summed E-state index contributed by atoms with van der Waals surface area (Å²) in [7, 11) is 0. The molecule has 0 aliphatic heterocycles. The molecule has 0 bridgehead atoms. The maximum Gasteiger partial charge on any atom is 0.389 e. The molecule has 0 aliphatic carbocycles. The van der Waals surface area contributed by atoms with E-state index in [1.165, 1.54) is 11.3 Å². The lowest BCUT2D eigenvalue weighted by Gasteiger charge is -2.03. The third-order valence-electron chi connectivity index (χ3n) is 1.64. The van der Waals surface area contributed by atoms with Crippen molar-refractivity contribution in [1.29, 1.82) is 0 Å². The summed E-state index contributed by atoms with van der Waals surface area (Å²) >= 11 is 1.25. The molecule has 1 unspecified atom stereocenters. The van der Waals surface area contributed by atoms with Crippen molar-refractivity contribution in [2.24, 2.45) is 5.73 Å². The number of aromatic nitrogens is 1. The van der Waals surface area contributed by atoms with Crippen LogP contribution in [0.5, 0.6) is 0 Å². The van der Waals surface area contributed by atoms with Crippen LogP contribution in [-0.4, -0.2) is 11.2 Å². The summed E-state index contributed by atoms with van der Waals surface area (Å²) in [5, 5.41) is 0.495. The second kappa shape index (κ2) is 4.27. The molecule has 0 aliphatic rings. The topological polar surface area (TPSA) is 38.9 Å². The first kappa shape index (κ1) is 11.5. The van der Waals surface area contributed by atoms with Gasteiger partial charge in [0, 0.05) is 30.0 Å². The first-order valence-electron chi connectivity index (χ1n) is 4.15. The highest BCUT2D eigenvalue weighted by atomic mass is 32.1. The van der Waals surface area contributed by atoms with Gasteiger partial charge < -0.3 is 5.73 Å². The van der Waals surface area contributed by atoms with Gasteiger partial charge in [0.05, 0.1) is 5.01 Å². The molecule has 6 heteroatoms. The Morgan fingerprint density at radius 2 is 2.21 bits per heavy atom. The highest BCUT2D eigenvalue weighted by Gasteiger charge is 2.27. The van der Waals surface area contributed by atoms with E-state index in [0.29, 0.717) is 5.01 Å². The number of nitrogens with zero attached hydrogens (tertiary/aromatic N) is 1. The summed E-state index contributed by atoms with van der Waals surface area (Å²) in [6.45, 7) is 1.78. The molecule has 2 N–H and O–H groups in total. The number of hydrogen-bond acceptors (Lipinski definition) is 3. The average Bonchev–Trinajstić information content (AvgIpc) is 2.47. The third kappa shape index (κ3) is 3.63. The Balaban J connectivity index is 2.52. The monoisotopic (exact) mass is 224 g/mol. The van der Waals surface area contributed by atoms with Gasteiger partial charge >= 0.3 is 6.18 Å². The standard InChI is InChI=1S/C8H11F3N2S/c1-5(12)6-4-13-7(14-6)2-3-8(9,10)11/h4-5H,2-3,12H2,1H3. The van der Waals surface area contributed by atoms with Crippen LogP contribution < -0.4 is 5.73 Å². The fourth-order valence-corrected chi connectivity index (χ4v) is 1.77. The SMILES string of the molecule is CC(N)c1cnc(CCC(F)(F)F)s1. The highest BCUT2D eigenvalue weighted by Crippen LogP contribution is 2.25. The number of thiazole rings is 1. The van der Waals surface area contributed by atoms with E-state index in [4.69, 9.17) is 5.73 Å². The number of hydrogen-bond donors (Lipinski definition) is 1. The Hall–Kier alpha value is -0.620. The number of alkyl halides is 3. The summed E-state index contributed by atoms with van der Waals surface area (Å²) in [5.74, 6) is 0. The maximum absolute atomic E-state index is 11.9. The van der Waals surface area contributed by atoms with E-state index in [1.807, 2.05) is 0 Å². The summed E-state index contributed by atoms with van der Waals surface area (Å²) in [5.41, 5.74) is 5.56. The van der Waals surface area contributed by atoms with Gasteiger partial charge in [-0.1, -0.05) is 0 Å². The lowest BCUT2D eigenvalue weighted by molar-refractivity contribution is -0.133. The molecule has 0 radical (unpaired) electrons. The van der Waals surface area contributed by atoms with Gasteiger partial charge in [0.15, 0.2) is 0 Å². The zero-order valence-corrected chi connectivity index (χ0v) is 8.45. The van der Waals surface area contributed by atoms with Crippen LogP contribution in [0, 0.1) is 0 Å². The molecule has 1 atom stereocenters. The van der Waals surface area contributed by atoms with Gasteiger partial charge in [0.2, 0.25) is 0 Å². The van der Waals surface area contributed by atoms with Crippen molar-refractivity contribution in [3.05, 3.63) is 16.1 Å². The third-order valence-corrected chi connectivity index (χ3v) is 2.90. The van der Waals surface area contributed by atoms with Gasteiger partial charge in [-0.2, -0.15) is 13.2 Å². The number of rotatable bonds is 3. The Morgan fingerprint density at radius 1 is 1.57 bits per heavy atom. The number of nitrogens with two attached hydrogens (primary N) is 1. The molecule has 1 aromatic heterocycles. The molecule has 0 saturated carbocycles. The Kier molecular flexibility index (Phi) is 3.49. The fourth-order valence-electron chi connectivity index (χ4n) is 0.899. The van der Waals surface area contributed by atoms with Crippen molar-refractivity contribution in [3.63, 3.8) is 0 Å². The van der Waals surface area contributed by atoms with Crippen LogP contribution in [0.3, 0.4) is 0 Å². The molecule has 1 heterocycles. The van der Waals surface area contributed by atoms with E-state index < -0.39 is 12.6 Å². The zero-order valence-electron chi connectivity index (χ0n) is 7.64. The molecule has 0 amide bonds. The largest absolute Gasteiger partial charge is 0.389 e. The number of halogens is 3. The van der Waals surface area contributed by atoms with Gasteiger partial charge in [-0.15, -0.1) is 11.3 Å². The quantitative estimate of drug-likeness (QED) is 0.857. The average molecular weight is 224 g/mol. The predicted octanol–water partition coefficient (Wildman–Crippen LogP) is 2.66. The van der Waals surface area contributed by atoms with E-state index in [2.05, 4.69) is 4.98 Å². The molecule has 0 saturated heterocycles. The molecule has 1 aromatic rings. The van der Waals surface area contributed by atoms with Crippen molar-refractivity contribution in [1.82, 2.24) is 4.98 Å². The zero-order chi connectivity index (χ0) is 10.8. The molecule has 0 fully saturated rings. The van der Waals surface area contributed by atoms with E-state index >= 15 is 0 Å². The normalized spacial score (nSPS) is 14.4. The van der Waals surface area contributed by atoms with Crippen LogP contribution in [0.1, 0.15) is 29.3 Å². The van der Waals surface area contributed by atoms with Crippen molar-refractivity contribution in [2.45, 2.75) is 32.0 Å². The van der Waals surface area contributed by atoms with Crippen molar-refractivity contribution < 1.29 is 13.2 Å². The van der Waals surface area contributed by atoms with Gasteiger partial charge in [-0.25, -0.2) is 4.98 Å². The van der Waals surface area contributed by atoms with Gasteiger partial charge in [0.25, 0.3) is 0 Å². The molecular formula is C8H11F3N2S. The summed E-state index contributed by atoms with van der Waals surface area (Å²) in [6, 6.07) is -0.160. The van der Waals surface area contributed by atoms with Crippen LogP contribution >= 0.6 is 11.3 Å². The molecule has 2 nitrogen and oxygen atoms in total. The predicted molar refractivity (Wildman–Crippen MR) is 49.1 cm³/mol. The van der Waals surface area contributed by atoms with Crippen LogP contribution in [0.15, 0.2) is 6.20 Å². The van der Waals surface area contributed by atoms with E-state index in [9.17, 15) is 13.2 Å². The first-order valence-corrected chi connectivity index (χ1v) is 4.97. The Morgan fingerprint density at radius 3 is 2.64 bits per heavy atom. The second-order valence-electron chi connectivity index (χ2n) is 3.06. The minimum Gasteiger partial charge on any atom is -0.323 e. The van der Waals surface area contributed by atoms with E-state index in [1.54, 1.807) is 13.1 Å². The van der Waals surface area contributed by atoms with E-state index in [-0.39, 0.29) is 12.5 Å². The minimum atomic E-state index is -4.11. The molecule has 0 aromatic carbocycles. The Bertz CT molecular complexity index is 293.